The summed E-state index contributed by atoms with van der Waals surface area (Å²) in [5.41, 5.74) is 3.21. The van der Waals surface area contributed by atoms with E-state index in [1.807, 2.05) is 41.4 Å². The molecule has 1 aromatic heterocycles. The van der Waals surface area contributed by atoms with Crippen LogP contribution < -0.4 is 4.74 Å². The third-order valence-corrected chi connectivity index (χ3v) is 5.36. The number of nitrogens with zero attached hydrogens (tertiary/aromatic N) is 3. The number of likely N-dealkylation sites (tertiary alicyclic amines) is 1. The molecular formula is C24H25N3O2. The molecule has 0 spiro atoms. The molecule has 1 aliphatic heterocycles. The lowest BCUT2D eigenvalue weighted by atomic mass is 10.0. The van der Waals surface area contributed by atoms with E-state index in [-0.39, 0.29) is 12.0 Å². The van der Waals surface area contributed by atoms with Crippen molar-refractivity contribution < 1.29 is 9.53 Å². The van der Waals surface area contributed by atoms with Gasteiger partial charge < -0.3 is 14.6 Å². The fourth-order valence-corrected chi connectivity index (χ4v) is 3.70. The monoisotopic (exact) mass is 387 g/mol. The second-order valence-electron chi connectivity index (χ2n) is 7.34. The average Bonchev–Trinajstić information content (AvgIpc) is 2.78. The molecule has 0 saturated carbocycles. The van der Waals surface area contributed by atoms with Gasteiger partial charge in [-0.05, 0) is 36.5 Å². The lowest BCUT2D eigenvalue weighted by molar-refractivity contribution is -0.132. The van der Waals surface area contributed by atoms with Gasteiger partial charge in [0.2, 0.25) is 5.91 Å². The minimum absolute atomic E-state index is 0.143. The smallest absolute Gasteiger partial charge is 0.224 e. The zero-order chi connectivity index (χ0) is 20.1. The summed E-state index contributed by atoms with van der Waals surface area (Å²) in [4.78, 5) is 22.3. The number of benzene rings is 2. The van der Waals surface area contributed by atoms with Gasteiger partial charge in [0.25, 0.3) is 0 Å². The number of aliphatic imine (C=N–C) groups is 1. The molecule has 1 aliphatic rings. The molecule has 3 aromatic rings. The van der Waals surface area contributed by atoms with Gasteiger partial charge in [-0.2, -0.15) is 0 Å². The van der Waals surface area contributed by atoms with Gasteiger partial charge in [0.15, 0.2) is 0 Å². The first-order chi connectivity index (χ1) is 14.2. The van der Waals surface area contributed by atoms with Crippen molar-refractivity contribution >= 4 is 23.5 Å². The molecule has 29 heavy (non-hydrogen) atoms. The first kappa shape index (κ1) is 19.1. The second-order valence-corrected chi connectivity index (χ2v) is 7.34. The molecule has 1 fully saturated rings. The average molecular weight is 387 g/mol. The van der Waals surface area contributed by atoms with Gasteiger partial charge in [-0.3, -0.25) is 9.78 Å². The molecule has 0 atom stereocenters. The lowest BCUT2D eigenvalue weighted by Crippen LogP contribution is -2.41. The SMILES string of the molecule is C=NCCC(=O)N1CCC(Oc2ccc(-c3cnc4ccccc4c3)cc2)CC1. The highest BCUT2D eigenvalue weighted by Gasteiger charge is 2.23. The van der Waals surface area contributed by atoms with Gasteiger partial charge in [-0.15, -0.1) is 0 Å². The fraction of sp³-hybridized carbons (Fsp3) is 0.292. The lowest BCUT2D eigenvalue weighted by Gasteiger charge is -2.32. The number of amides is 1. The molecule has 1 amide bonds. The van der Waals surface area contributed by atoms with E-state index < -0.39 is 0 Å². The van der Waals surface area contributed by atoms with Gasteiger partial charge in [0.05, 0.1) is 5.52 Å². The molecule has 0 N–H and O–H groups in total. The zero-order valence-corrected chi connectivity index (χ0v) is 16.5. The minimum Gasteiger partial charge on any atom is -0.490 e. The highest BCUT2D eigenvalue weighted by atomic mass is 16.5. The first-order valence-corrected chi connectivity index (χ1v) is 10.0. The van der Waals surface area contributed by atoms with Crippen LogP contribution in [-0.4, -0.2) is 48.2 Å². The quantitative estimate of drug-likeness (QED) is 0.591. The third kappa shape index (κ3) is 4.62. The molecule has 5 heteroatoms. The minimum atomic E-state index is 0.143. The Morgan fingerprint density at radius 2 is 1.86 bits per heavy atom. The highest BCUT2D eigenvalue weighted by Crippen LogP contribution is 2.26. The van der Waals surface area contributed by atoms with Crippen LogP contribution in [0.25, 0.3) is 22.0 Å². The summed E-state index contributed by atoms with van der Waals surface area (Å²) < 4.78 is 6.14. The molecule has 4 rings (SSSR count). The summed E-state index contributed by atoms with van der Waals surface area (Å²) in [5.74, 6) is 1.02. The standard InChI is InChI=1S/C24H25N3O2/c1-25-13-10-24(28)27-14-11-22(12-15-27)29-21-8-6-18(7-9-21)20-16-19-4-2-3-5-23(19)26-17-20/h2-9,16-17,22H,1,10-15H2. The summed E-state index contributed by atoms with van der Waals surface area (Å²) in [5, 5.41) is 1.13. The molecular weight excluding hydrogens is 362 g/mol. The maximum atomic E-state index is 12.1. The van der Waals surface area contributed by atoms with Crippen LogP contribution in [0.5, 0.6) is 5.75 Å². The fourth-order valence-electron chi connectivity index (χ4n) is 3.70. The Morgan fingerprint density at radius 1 is 1.10 bits per heavy atom. The van der Waals surface area contributed by atoms with Gasteiger partial charge in [-0.25, -0.2) is 0 Å². The molecule has 2 heterocycles. The van der Waals surface area contributed by atoms with Crippen molar-refractivity contribution in [3.63, 3.8) is 0 Å². The largest absolute Gasteiger partial charge is 0.490 e. The van der Waals surface area contributed by atoms with Crippen LogP contribution in [-0.2, 0) is 4.79 Å². The number of fused-ring (bicyclic) bond motifs is 1. The Morgan fingerprint density at radius 3 is 2.62 bits per heavy atom. The number of ether oxygens (including phenoxy) is 1. The summed E-state index contributed by atoms with van der Waals surface area (Å²) in [6, 6.07) is 18.5. The number of hydrogen-bond donors (Lipinski definition) is 0. The summed E-state index contributed by atoms with van der Waals surface area (Å²) in [7, 11) is 0. The van der Waals surface area contributed by atoms with E-state index >= 15 is 0 Å². The van der Waals surface area contributed by atoms with E-state index in [2.05, 4.69) is 41.0 Å². The van der Waals surface area contributed by atoms with E-state index in [0.717, 1.165) is 53.7 Å². The molecule has 0 unspecified atom stereocenters. The Labute approximate surface area is 171 Å². The van der Waals surface area contributed by atoms with Crippen molar-refractivity contribution in [1.29, 1.82) is 0 Å². The number of hydrogen-bond acceptors (Lipinski definition) is 4. The van der Waals surface area contributed by atoms with Crippen molar-refractivity contribution in [2.24, 2.45) is 4.99 Å². The highest BCUT2D eigenvalue weighted by molar-refractivity contribution is 5.83. The Hall–Kier alpha value is -3.21. The van der Waals surface area contributed by atoms with Crippen molar-refractivity contribution in [3.8, 4) is 16.9 Å². The van der Waals surface area contributed by atoms with Gasteiger partial charge in [0, 0.05) is 56.0 Å². The van der Waals surface area contributed by atoms with Gasteiger partial charge in [0.1, 0.15) is 11.9 Å². The maximum Gasteiger partial charge on any atom is 0.224 e. The van der Waals surface area contributed by atoms with Gasteiger partial charge in [-0.1, -0.05) is 30.3 Å². The Kier molecular flexibility index (Phi) is 5.84. The number of piperidine rings is 1. The van der Waals surface area contributed by atoms with Crippen molar-refractivity contribution in [1.82, 2.24) is 9.88 Å². The second kappa shape index (κ2) is 8.86. The number of rotatable bonds is 6. The van der Waals surface area contributed by atoms with E-state index in [1.165, 1.54) is 0 Å². The summed E-state index contributed by atoms with van der Waals surface area (Å²) >= 11 is 0. The summed E-state index contributed by atoms with van der Waals surface area (Å²) in [6.45, 7) is 5.40. The number of para-hydroxylation sites is 1. The maximum absolute atomic E-state index is 12.1. The van der Waals surface area contributed by atoms with Crippen LogP contribution >= 0.6 is 0 Å². The van der Waals surface area contributed by atoms with Crippen molar-refractivity contribution in [2.45, 2.75) is 25.4 Å². The number of carbonyl (C=O) groups excluding carboxylic acids is 1. The van der Waals surface area contributed by atoms with E-state index in [9.17, 15) is 4.79 Å². The molecule has 148 valence electrons. The predicted molar refractivity (Wildman–Crippen MR) is 116 cm³/mol. The van der Waals surface area contributed by atoms with Crippen LogP contribution in [0.2, 0.25) is 0 Å². The van der Waals surface area contributed by atoms with Crippen LogP contribution in [0.15, 0.2) is 65.8 Å². The molecule has 5 nitrogen and oxygen atoms in total. The number of pyridine rings is 1. The zero-order valence-electron chi connectivity index (χ0n) is 16.5. The van der Waals surface area contributed by atoms with Crippen molar-refractivity contribution in [2.75, 3.05) is 19.6 Å². The normalized spacial score (nSPS) is 14.7. The number of aromatic nitrogens is 1. The van der Waals surface area contributed by atoms with E-state index in [0.29, 0.717) is 13.0 Å². The Bertz CT molecular complexity index is 992. The van der Waals surface area contributed by atoms with Crippen LogP contribution in [0.1, 0.15) is 19.3 Å². The van der Waals surface area contributed by atoms with E-state index in [1.54, 1.807) is 0 Å². The summed E-state index contributed by atoms with van der Waals surface area (Å²) in [6.07, 6.45) is 4.20. The number of carbonyl (C=O) groups is 1. The molecule has 2 aromatic carbocycles. The molecule has 0 radical (unpaired) electrons. The predicted octanol–water partition coefficient (Wildman–Crippen LogP) is 4.36. The van der Waals surface area contributed by atoms with E-state index in [4.69, 9.17) is 4.74 Å². The van der Waals surface area contributed by atoms with Crippen molar-refractivity contribution in [3.05, 3.63) is 60.8 Å². The topological polar surface area (TPSA) is 54.8 Å². The molecule has 0 aliphatic carbocycles. The first-order valence-electron chi connectivity index (χ1n) is 10.0. The third-order valence-electron chi connectivity index (χ3n) is 5.36. The van der Waals surface area contributed by atoms with Crippen LogP contribution in [0.3, 0.4) is 0 Å². The van der Waals surface area contributed by atoms with Gasteiger partial charge >= 0.3 is 0 Å². The van der Waals surface area contributed by atoms with Crippen LogP contribution in [0.4, 0.5) is 0 Å². The molecule has 0 bridgehead atoms. The van der Waals surface area contributed by atoms with Crippen LogP contribution in [0, 0.1) is 0 Å². The Balaban J connectivity index is 1.35. The molecule has 1 saturated heterocycles.